The first-order valence-electron chi connectivity index (χ1n) is 5.11. The fourth-order valence-corrected chi connectivity index (χ4v) is 2.78. The van der Waals surface area contributed by atoms with Crippen LogP contribution in [0, 0.1) is 6.92 Å². The third-order valence-electron chi connectivity index (χ3n) is 2.71. The molecule has 1 aliphatic heterocycles. The monoisotopic (exact) mass is 209 g/mol. The topological polar surface area (TPSA) is 29.1 Å². The van der Waals surface area contributed by atoms with Gasteiger partial charge in [0.25, 0.3) is 0 Å². The summed E-state index contributed by atoms with van der Waals surface area (Å²) in [5, 5.41) is 5.28. The molecule has 2 nitrogen and oxygen atoms in total. The van der Waals surface area contributed by atoms with E-state index in [1.54, 1.807) is 11.3 Å². The second-order valence-electron chi connectivity index (χ2n) is 3.80. The third kappa shape index (κ3) is 1.88. The summed E-state index contributed by atoms with van der Waals surface area (Å²) in [5.74, 6) is 0.289. The molecule has 1 aromatic heterocycles. The van der Waals surface area contributed by atoms with Crippen LogP contribution in [-0.4, -0.2) is 18.4 Å². The lowest BCUT2D eigenvalue weighted by molar-refractivity contribution is 0.0931. The lowest BCUT2D eigenvalue weighted by Gasteiger charge is -2.21. The van der Waals surface area contributed by atoms with E-state index in [1.165, 1.54) is 12.8 Å². The molecule has 0 saturated carbocycles. The molecule has 14 heavy (non-hydrogen) atoms. The van der Waals surface area contributed by atoms with Gasteiger partial charge in [-0.05, 0) is 43.3 Å². The molecule has 1 aromatic rings. The van der Waals surface area contributed by atoms with Crippen molar-refractivity contribution in [1.29, 1.82) is 0 Å². The number of aryl methyl sites for hydroxylation is 1. The van der Waals surface area contributed by atoms with Crippen LogP contribution in [0.15, 0.2) is 11.4 Å². The van der Waals surface area contributed by atoms with E-state index in [0.29, 0.717) is 0 Å². The molecule has 1 atom stereocenters. The van der Waals surface area contributed by atoms with Gasteiger partial charge in [0, 0.05) is 0 Å². The van der Waals surface area contributed by atoms with Crippen molar-refractivity contribution in [2.75, 3.05) is 6.54 Å². The molecule has 0 bridgehead atoms. The van der Waals surface area contributed by atoms with Gasteiger partial charge in [-0.1, -0.05) is 6.42 Å². The highest BCUT2D eigenvalue weighted by Gasteiger charge is 2.23. The van der Waals surface area contributed by atoms with Gasteiger partial charge in [0.2, 0.25) is 0 Å². The normalized spacial score (nSPS) is 22.2. The smallest absolute Gasteiger partial charge is 0.189 e. The Hall–Kier alpha value is -0.670. The molecule has 1 fully saturated rings. The van der Waals surface area contributed by atoms with Gasteiger partial charge in [-0.15, -0.1) is 11.3 Å². The summed E-state index contributed by atoms with van der Waals surface area (Å²) in [6.07, 6.45) is 3.37. The van der Waals surface area contributed by atoms with Crippen LogP contribution in [0.25, 0.3) is 0 Å². The number of rotatable bonds is 2. The van der Waals surface area contributed by atoms with Gasteiger partial charge in [-0.3, -0.25) is 4.79 Å². The van der Waals surface area contributed by atoms with Crippen LogP contribution >= 0.6 is 11.3 Å². The number of piperidine rings is 1. The highest BCUT2D eigenvalue weighted by atomic mass is 32.1. The zero-order valence-corrected chi connectivity index (χ0v) is 9.19. The van der Waals surface area contributed by atoms with Crippen LogP contribution in [0.5, 0.6) is 0 Å². The van der Waals surface area contributed by atoms with Gasteiger partial charge < -0.3 is 5.32 Å². The van der Waals surface area contributed by atoms with Crippen molar-refractivity contribution in [2.45, 2.75) is 32.2 Å². The third-order valence-corrected chi connectivity index (χ3v) is 3.74. The average molecular weight is 209 g/mol. The summed E-state index contributed by atoms with van der Waals surface area (Å²) in [6.45, 7) is 2.99. The van der Waals surface area contributed by atoms with E-state index >= 15 is 0 Å². The summed E-state index contributed by atoms with van der Waals surface area (Å²) in [7, 11) is 0. The van der Waals surface area contributed by atoms with Crippen LogP contribution in [0.3, 0.4) is 0 Å². The Kier molecular flexibility index (Phi) is 2.99. The highest BCUT2D eigenvalue weighted by molar-refractivity contribution is 7.12. The maximum atomic E-state index is 12.0. The Labute approximate surface area is 88.3 Å². The molecule has 1 N–H and O–H groups in total. The van der Waals surface area contributed by atoms with Crippen molar-refractivity contribution in [1.82, 2.24) is 5.32 Å². The first-order chi connectivity index (χ1) is 6.79. The largest absolute Gasteiger partial charge is 0.307 e. The Bertz CT molecular complexity index is 326. The predicted octanol–water partition coefficient (Wildman–Crippen LogP) is 2.38. The van der Waals surface area contributed by atoms with E-state index in [2.05, 4.69) is 5.32 Å². The molecule has 76 valence electrons. The summed E-state index contributed by atoms with van der Waals surface area (Å²) >= 11 is 1.56. The SMILES string of the molecule is Cc1ccsc1C(=O)C1CCCCN1. The molecule has 0 aliphatic carbocycles. The molecule has 0 radical (unpaired) electrons. The van der Waals surface area contributed by atoms with Gasteiger partial charge in [0.15, 0.2) is 5.78 Å². The first-order valence-corrected chi connectivity index (χ1v) is 5.98. The maximum Gasteiger partial charge on any atom is 0.189 e. The summed E-state index contributed by atoms with van der Waals surface area (Å²) < 4.78 is 0. The van der Waals surface area contributed by atoms with Gasteiger partial charge in [0.1, 0.15) is 0 Å². The Balaban J connectivity index is 2.11. The molecule has 3 heteroatoms. The second kappa shape index (κ2) is 4.24. The van der Waals surface area contributed by atoms with E-state index in [9.17, 15) is 4.79 Å². The first kappa shape index (κ1) is 9.87. The van der Waals surface area contributed by atoms with Crippen molar-refractivity contribution in [3.8, 4) is 0 Å². The number of ketones is 1. The minimum absolute atomic E-state index is 0.0705. The highest BCUT2D eigenvalue weighted by Crippen LogP contribution is 2.20. The number of carbonyl (C=O) groups excluding carboxylic acids is 1. The number of thiophene rings is 1. The number of Topliss-reactive ketones (excluding diaryl/α,β-unsaturated/α-hetero) is 1. The van der Waals surface area contributed by atoms with E-state index < -0.39 is 0 Å². The van der Waals surface area contributed by atoms with Crippen molar-refractivity contribution < 1.29 is 4.79 Å². The predicted molar refractivity (Wildman–Crippen MR) is 59.0 cm³/mol. The van der Waals surface area contributed by atoms with Crippen molar-refractivity contribution in [3.63, 3.8) is 0 Å². The molecule has 2 rings (SSSR count). The van der Waals surface area contributed by atoms with Crippen molar-refractivity contribution in [2.24, 2.45) is 0 Å². The average Bonchev–Trinajstić information content (AvgIpc) is 2.65. The molecule has 0 aromatic carbocycles. The van der Waals surface area contributed by atoms with Gasteiger partial charge in [-0.2, -0.15) is 0 Å². The van der Waals surface area contributed by atoms with E-state index in [1.807, 2.05) is 18.4 Å². The second-order valence-corrected chi connectivity index (χ2v) is 4.72. The fourth-order valence-electron chi connectivity index (χ4n) is 1.86. The lowest BCUT2D eigenvalue weighted by Crippen LogP contribution is -2.40. The Morgan fingerprint density at radius 2 is 2.43 bits per heavy atom. The number of carbonyl (C=O) groups is 1. The Morgan fingerprint density at radius 1 is 1.57 bits per heavy atom. The van der Waals surface area contributed by atoms with Gasteiger partial charge in [-0.25, -0.2) is 0 Å². The molecule has 2 heterocycles. The zero-order chi connectivity index (χ0) is 9.97. The summed E-state index contributed by atoms with van der Waals surface area (Å²) in [5.41, 5.74) is 1.12. The van der Waals surface area contributed by atoms with Gasteiger partial charge in [0.05, 0.1) is 10.9 Å². The molecular formula is C11H15NOS. The molecule has 0 amide bonds. The zero-order valence-electron chi connectivity index (χ0n) is 8.38. The van der Waals surface area contributed by atoms with Crippen LogP contribution < -0.4 is 5.32 Å². The minimum atomic E-state index is 0.0705. The molecule has 0 spiro atoms. The number of hydrogen-bond acceptors (Lipinski definition) is 3. The standard InChI is InChI=1S/C11H15NOS/c1-8-5-7-14-11(8)10(13)9-4-2-3-6-12-9/h5,7,9,12H,2-4,6H2,1H3. The van der Waals surface area contributed by atoms with Crippen molar-refractivity contribution in [3.05, 3.63) is 21.9 Å². The van der Waals surface area contributed by atoms with Crippen LogP contribution in [0.2, 0.25) is 0 Å². The molecule has 1 unspecified atom stereocenters. The molecule has 1 aliphatic rings. The summed E-state index contributed by atoms with van der Waals surface area (Å²) in [4.78, 5) is 13.0. The van der Waals surface area contributed by atoms with Crippen LogP contribution in [0.1, 0.15) is 34.5 Å². The van der Waals surface area contributed by atoms with Crippen molar-refractivity contribution >= 4 is 17.1 Å². The summed E-state index contributed by atoms with van der Waals surface area (Å²) in [6, 6.07) is 2.09. The van der Waals surface area contributed by atoms with Gasteiger partial charge >= 0.3 is 0 Å². The van der Waals surface area contributed by atoms with E-state index in [4.69, 9.17) is 0 Å². The number of nitrogens with one attached hydrogen (secondary N) is 1. The van der Waals surface area contributed by atoms with Crippen LogP contribution in [-0.2, 0) is 0 Å². The Morgan fingerprint density at radius 3 is 3.00 bits per heavy atom. The minimum Gasteiger partial charge on any atom is -0.307 e. The lowest BCUT2D eigenvalue weighted by atomic mass is 9.99. The van der Waals surface area contributed by atoms with E-state index in [0.717, 1.165) is 23.4 Å². The molecular weight excluding hydrogens is 194 g/mol. The maximum absolute atomic E-state index is 12.0. The fraction of sp³-hybridized carbons (Fsp3) is 0.545. The van der Waals surface area contributed by atoms with Crippen LogP contribution in [0.4, 0.5) is 0 Å². The number of hydrogen-bond donors (Lipinski definition) is 1. The molecule has 1 saturated heterocycles. The van der Waals surface area contributed by atoms with E-state index in [-0.39, 0.29) is 11.8 Å². The quantitative estimate of drug-likeness (QED) is 0.758.